The maximum Gasteiger partial charge on any atom is 0.410 e. The lowest BCUT2D eigenvalue weighted by Gasteiger charge is -2.32. The third-order valence-electron chi connectivity index (χ3n) is 4.91. The number of ether oxygens (including phenoxy) is 1. The Bertz CT molecular complexity index is 578. The zero-order valence-electron chi connectivity index (χ0n) is 13.2. The predicted molar refractivity (Wildman–Crippen MR) is 85.0 cm³/mol. The molecule has 1 aliphatic heterocycles. The molecule has 1 aromatic carbocycles. The van der Waals surface area contributed by atoms with Crippen LogP contribution >= 0.6 is 0 Å². The Morgan fingerprint density at radius 1 is 1.13 bits per heavy atom. The summed E-state index contributed by atoms with van der Waals surface area (Å²) < 4.78 is 5.64. The highest BCUT2D eigenvalue weighted by molar-refractivity contribution is 5.68. The highest BCUT2D eigenvalue weighted by Gasteiger charge is 2.28. The van der Waals surface area contributed by atoms with Crippen molar-refractivity contribution in [2.75, 3.05) is 6.54 Å². The Morgan fingerprint density at radius 3 is 2.52 bits per heavy atom. The maximum absolute atomic E-state index is 12.3. The van der Waals surface area contributed by atoms with Crippen molar-refractivity contribution in [2.45, 2.75) is 51.2 Å². The minimum absolute atomic E-state index is 0.0651. The SMILES string of the molecule is O=C(O)CC1CCC(OC(=O)N2CCc3ccccc3C2)CC1. The van der Waals surface area contributed by atoms with Crippen molar-refractivity contribution in [1.29, 1.82) is 0 Å². The van der Waals surface area contributed by atoms with E-state index >= 15 is 0 Å². The van der Waals surface area contributed by atoms with E-state index in [0.717, 1.165) is 32.1 Å². The molecular weight excluding hydrogens is 294 g/mol. The molecule has 0 bridgehead atoms. The quantitative estimate of drug-likeness (QED) is 0.929. The molecule has 1 N–H and O–H groups in total. The van der Waals surface area contributed by atoms with E-state index in [0.29, 0.717) is 13.1 Å². The number of aliphatic carboxylic acids is 1. The van der Waals surface area contributed by atoms with Crippen LogP contribution in [0.15, 0.2) is 24.3 Å². The van der Waals surface area contributed by atoms with Gasteiger partial charge in [-0.2, -0.15) is 0 Å². The molecule has 0 radical (unpaired) electrons. The second kappa shape index (κ2) is 7.02. The smallest absolute Gasteiger partial charge is 0.410 e. The van der Waals surface area contributed by atoms with Crippen LogP contribution in [0.4, 0.5) is 4.79 Å². The molecule has 0 spiro atoms. The van der Waals surface area contributed by atoms with Gasteiger partial charge in [0.25, 0.3) is 0 Å². The number of hydrogen-bond donors (Lipinski definition) is 1. The van der Waals surface area contributed by atoms with Crippen molar-refractivity contribution in [1.82, 2.24) is 4.90 Å². The molecule has 1 aliphatic carbocycles. The molecule has 1 fully saturated rings. The normalized spacial score (nSPS) is 23.9. The molecular formula is C18H23NO4. The number of amides is 1. The minimum atomic E-state index is -0.738. The van der Waals surface area contributed by atoms with Crippen LogP contribution in [0.25, 0.3) is 0 Å². The average Bonchev–Trinajstić information content (AvgIpc) is 2.55. The number of fused-ring (bicyclic) bond motifs is 1. The van der Waals surface area contributed by atoms with Gasteiger partial charge in [-0.3, -0.25) is 4.79 Å². The first-order valence-corrected chi connectivity index (χ1v) is 8.36. The van der Waals surface area contributed by atoms with Crippen LogP contribution in [0.5, 0.6) is 0 Å². The van der Waals surface area contributed by atoms with Gasteiger partial charge >= 0.3 is 12.1 Å². The predicted octanol–water partition coefficient (Wildman–Crippen LogP) is 3.21. The fraction of sp³-hybridized carbons (Fsp3) is 0.556. The fourth-order valence-electron chi connectivity index (χ4n) is 3.57. The number of carbonyl (C=O) groups excluding carboxylic acids is 1. The first kappa shape index (κ1) is 15.8. The third kappa shape index (κ3) is 4.03. The number of carboxylic acid groups (broad SMARTS) is 1. The Morgan fingerprint density at radius 2 is 1.83 bits per heavy atom. The summed E-state index contributed by atoms with van der Waals surface area (Å²) in [6.07, 6.45) is 3.99. The number of benzene rings is 1. The molecule has 0 saturated heterocycles. The van der Waals surface area contributed by atoms with Gasteiger partial charge in [0.2, 0.25) is 0 Å². The van der Waals surface area contributed by atoms with E-state index in [9.17, 15) is 9.59 Å². The van der Waals surface area contributed by atoms with Gasteiger partial charge in [0.05, 0.1) is 0 Å². The summed E-state index contributed by atoms with van der Waals surface area (Å²) in [5.74, 6) is -0.512. The molecule has 1 heterocycles. The molecule has 1 aromatic rings. The monoisotopic (exact) mass is 317 g/mol. The zero-order valence-corrected chi connectivity index (χ0v) is 13.2. The Labute approximate surface area is 136 Å². The Hall–Kier alpha value is -2.04. The highest BCUT2D eigenvalue weighted by atomic mass is 16.6. The fourth-order valence-corrected chi connectivity index (χ4v) is 3.57. The molecule has 3 rings (SSSR count). The Balaban J connectivity index is 1.48. The molecule has 0 unspecified atom stereocenters. The lowest BCUT2D eigenvalue weighted by molar-refractivity contribution is -0.138. The molecule has 124 valence electrons. The van der Waals surface area contributed by atoms with E-state index in [1.54, 1.807) is 4.90 Å². The van der Waals surface area contributed by atoms with Crippen molar-refractivity contribution < 1.29 is 19.4 Å². The molecule has 1 amide bonds. The summed E-state index contributed by atoms with van der Waals surface area (Å²) in [7, 11) is 0. The maximum atomic E-state index is 12.3. The van der Waals surface area contributed by atoms with E-state index in [-0.39, 0.29) is 24.5 Å². The van der Waals surface area contributed by atoms with Gasteiger partial charge in [-0.05, 0) is 49.1 Å². The molecule has 2 aliphatic rings. The van der Waals surface area contributed by atoms with Crippen molar-refractivity contribution in [2.24, 2.45) is 5.92 Å². The van der Waals surface area contributed by atoms with Crippen LogP contribution in [0.3, 0.4) is 0 Å². The summed E-state index contributed by atoms with van der Waals surface area (Å²) >= 11 is 0. The van der Waals surface area contributed by atoms with Crippen LogP contribution in [-0.4, -0.2) is 34.7 Å². The van der Waals surface area contributed by atoms with E-state index in [1.165, 1.54) is 11.1 Å². The van der Waals surface area contributed by atoms with Gasteiger partial charge in [-0.25, -0.2) is 4.79 Å². The zero-order chi connectivity index (χ0) is 16.2. The molecule has 5 heteroatoms. The second-order valence-corrected chi connectivity index (χ2v) is 6.56. The molecule has 5 nitrogen and oxygen atoms in total. The van der Waals surface area contributed by atoms with Crippen LogP contribution in [0.2, 0.25) is 0 Å². The highest BCUT2D eigenvalue weighted by Crippen LogP contribution is 2.29. The Kier molecular flexibility index (Phi) is 4.84. The molecule has 23 heavy (non-hydrogen) atoms. The number of carbonyl (C=O) groups is 2. The first-order chi connectivity index (χ1) is 11.1. The summed E-state index contributed by atoms with van der Waals surface area (Å²) in [5.41, 5.74) is 2.51. The van der Waals surface area contributed by atoms with Crippen LogP contribution in [-0.2, 0) is 22.5 Å². The van der Waals surface area contributed by atoms with E-state index in [1.807, 2.05) is 12.1 Å². The number of carboxylic acids is 1. The van der Waals surface area contributed by atoms with E-state index < -0.39 is 5.97 Å². The van der Waals surface area contributed by atoms with E-state index in [4.69, 9.17) is 9.84 Å². The summed E-state index contributed by atoms with van der Waals surface area (Å²) in [6, 6.07) is 8.20. The van der Waals surface area contributed by atoms with E-state index in [2.05, 4.69) is 12.1 Å². The standard InChI is InChI=1S/C18H23NO4/c20-17(21)11-13-5-7-16(8-6-13)23-18(22)19-10-9-14-3-1-2-4-15(14)12-19/h1-4,13,16H,5-12H2,(H,20,21). The van der Waals surface area contributed by atoms with Crippen molar-refractivity contribution in [3.05, 3.63) is 35.4 Å². The topological polar surface area (TPSA) is 66.8 Å². The van der Waals surface area contributed by atoms with Crippen LogP contribution in [0.1, 0.15) is 43.2 Å². The average molecular weight is 317 g/mol. The lowest BCUT2D eigenvalue weighted by atomic mass is 9.85. The van der Waals surface area contributed by atoms with Gasteiger partial charge in [0.15, 0.2) is 0 Å². The largest absolute Gasteiger partial charge is 0.481 e. The van der Waals surface area contributed by atoms with Gasteiger partial charge in [-0.15, -0.1) is 0 Å². The minimum Gasteiger partial charge on any atom is -0.481 e. The van der Waals surface area contributed by atoms with Crippen LogP contribution in [0, 0.1) is 5.92 Å². The number of nitrogens with zero attached hydrogens (tertiary/aromatic N) is 1. The molecule has 0 atom stereocenters. The number of hydrogen-bond acceptors (Lipinski definition) is 3. The molecule has 1 saturated carbocycles. The van der Waals surface area contributed by atoms with Gasteiger partial charge in [0.1, 0.15) is 6.10 Å². The second-order valence-electron chi connectivity index (χ2n) is 6.56. The summed E-state index contributed by atoms with van der Waals surface area (Å²) in [5, 5.41) is 8.84. The van der Waals surface area contributed by atoms with Gasteiger partial charge in [-0.1, -0.05) is 24.3 Å². The van der Waals surface area contributed by atoms with Crippen molar-refractivity contribution in [3.8, 4) is 0 Å². The number of rotatable bonds is 3. The summed E-state index contributed by atoms with van der Waals surface area (Å²) in [4.78, 5) is 24.9. The van der Waals surface area contributed by atoms with Crippen molar-refractivity contribution in [3.63, 3.8) is 0 Å². The molecule has 0 aromatic heterocycles. The van der Waals surface area contributed by atoms with Gasteiger partial charge in [0, 0.05) is 19.5 Å². The third-order valence-corrected chi connectivity index (χ3v) is 4.91. The summed E-state index contributed by atoms with van der Waals surface area (Å²) in [6.45, 7) is 1.31. The van der Waals surface area contributed by atoms with Crippen LogP contribution < -0.4 is 0 Å². The lowest BCUT2D eigenvalue weighted by Crippen LogP contribution is -2.39. The van der Waals surface area contributed by atoms with Crippen molar-refractivity contribution >= 4 is 12.1 Å². The van der Waals surface area contributed by atoms with Gasteiger partial charge < -0.3 is 14.7 Å². The first-order valence-electron chi connectivity index (χ1n) is 8.36.